The summed E-state index contributed by atoms with van der Waals surface area (Å²) in [6, 6.07) is 0. The second-order valence-corrected chi connectivity index (χ2v) is 4.72. The largest absolute Gasteiger partial charge is 0.465 e. The fourth-order valence-electron chi connectivity index (χ4n) is 1.46. The molecule has 4 nitrogen and oxygen atoms in total. The van der Waals surface area contributed by atoms with Crippen molar-refractivity contribution in [1.29, 1.82) is 0 Å². The lowest BCUT2D eigenvalue weighted by Gasteiger charge is -2.29. The summed E-state index contributed by atoms with van der Waals surface area (Å²) in [7, 11) is 3.24. The fourth-order valence-corrected chi connectivity index (χ4v) is 1.46. The highest BCUT2D eigenvalue weighted by Gasteiger charge is 2.33. The zero-order valence-electron chi connectivity index (χ0n) is 11.9. The highest BCUT2D eigenvalue weighted by Crippen LogP contribution is 2.20. The van der Waals surface area contributed by atoms with Crippen molar-refractivity contribution in [3.8, 4) is 0 Å². The number of nitrogens with one attached hydrogen (secondary N) is 1. The maximum Gasteiger partial charge on any atom is 0.390 e. The van der Waals surface area contributed by atoms with Gasteiger partial charge in [0.05, 0.1) is 13.0 Å². The normalized spacial score (nSPS) is 15.4. The van der Waals surface area contributed by atoms with Crippen molar-refractivity contribution in [2.24, 2.45) is 0 Å². The molecule has 1 N–H and O–H groups in total. The first-order chi connectivity index (χ1) is 8.64. The third kappa shape index (κ3) is 7.37. The van der Waals surface area contributed by atoms with Crippen molar-refractivity contribution in [1.82, 2.24) is 10.2 Å². The highest BCUT2D eigenvalue weighted by atomic mass is 19.4. The lowest BCUT2D eigenvalue weighted by Crippen LogP contribution is -2.50. The van der Waals surface area contributed by atoms with Crippen LogP contribution in [0.4, 0.5) is 13.2 Å². The van der Waals surface area contributed by atoms with Gasteiger partial charge in [0.2, 0.25) is 0 Å². The number of alkyl halides is 3. The zero-order valence-corrected chi connectivity index (χ0v) is 11.9. The SMILES string of the molecule is CCOC(=O)C(C)(CCN(C)CCC(F)(F)F)NC. The van der Waals surface area contributed by atoms with Crippen molar-refractivity contribution >= 4 is 5.97 Å². The number of ether oxygens (including phenoxy) is 1. The van der Waals surface area contributed by atoms with E-state index in [-0.39, 0.29) is 19.1 Å². The summed E-state index contributed by atoms with van der Waals surface area (Å²) in [5, 5.41) is 2.87. The van der Waals surface area contributed by atoms with Crippen LogP contribution in [-0.4, -0.2) is 56.4 Å². The average Bonchev–Trinajstić information content (AvgIpc) is 2.32. The highest BCUT2D eigenvalue weighted by molar-refractivity contribution is 5.80. The second-order valence-electron chi connectivity index (χ2n) is 4.72. The van der Waals surface area contributed by atoms with Crippen LogP contribution in [0, 0.1) is 0 Å². The van der Waals surface area contributed by atoms with Crippen molar-refractivity contribution in [2.75, 3.05) is 33.8 Å². The van der Waals surface area contributed by atoms with E-state index in [2.05, 4.69) is 5.32 Å². The molecule has 0 aromatic rings. The number of hydrogen-bond acceptors (Lipinski definition) is 4. The zero-order chi connectivity index (χ0) is 15.1. The molecule has 19 heavy (non-hydrogen) atoms. The third-order valence-corrected chi connectivity index (χ3v) is 3.05. The average molecular weight is 284 g/mol. The molecule has 114 valence electrons. The number of nitrogens with zero attached hydrogens (tertiary/aromatic N) is 1. The molecular formula is C12H23F3N2O2. The van der Waals surface area contributed by atoms with Crippen LogP contribution in [0.5, 0.6) is 0 Å². The van der Waals surface area contributed by atoms with Gasteiger partial charge in [-0.05, 0) is 34.4 Å². The molecule has 0 heterocycles. The van der Waals surface area contributed by atoms with Gasteiger partial charge in [0.25, 0.3) is 0 Å². The van der Waals surface area contributed by atoms with Gasteiger partial charge in [0.1, 0.15) is 5.54 Å². The number of likely N-dealkylation sites (N-methyl/N-ethyl adjacent to an activating group) is 1. The van der Waals surface area contributed by atoms with Crippen LogP contribution in [0.2, 0.25) is 0 Å². The molecule has 0 amide bonds. The van der Waals surface area contributed by atoms with Gasteiger partial charge in [0, 0.05) is 13.1 Å². The molecule has 0 aliphatic rings. The molecule has 0 bridgehead atoms. The molecule has 0 saturated heterocycles. The van der Waals surface area contributed by atoms with Crippen molar-refractivity contribution in [3.63, 3.8) is 0 Å². The van der Waals surface area contributed by atoms with Crippen LogP contribution in [0.25, 0.3) is 0 Å². The molecule has 0 aliphatic carbocycles. The van der Waals surface area contributed by atoms with Crippen molar-refractivity contribution in [3.05, 3.63) is 0 Å². The van der Waals surface area contributed by atoms with E-state index in [1.165, 1.54) is 0 Å². The lowest BCUT2D eigenvalue weighted by molar-refractivity contribution is -0.151. The molecule has 0 spiro atoms. The first kappa shape index (κ1) is 18.2. The summed E-state index contributed by atoms with van der Waals surface area (Å²) in [5.41, 5.74) is -0.873. The second kappa shape index (κ2) is 7.69. The Kier molecular flexibility index (Phi) is 7.36. The summed E-state index contributed by atoms with van der Waals surface area (Å²) >= 11 is 0. The maximum atomic E-state index is 12.1. The predicted molar refractivity (Wildman–Crippen MR) is 66.9 cm³/mol. The van der Waals surface area contributed by atoms with E-state index in [9.17, 15) is 18.0 Å². The number of carbonyl (C=O) groups is 1. The minimum Gasteiger partial charge on any atom is -0.465 e. The molecule has 0 aliphatic heterocycles. The minimum absolute atomic E-state index is 0.0773. The molecular weight excluding hydrogens is 261 g/mol. The lowest BCUT2D eigenvalue weighted by atomic mass is 9.98. The Hall–Kier alpha value is -0.820. The molecule has 0 rings (SSSR count). The van der Waals surface area contributed by atoms with Gasteiger partial charge in [0.15, 0.2) is 0 Å². The molecule has 0 radical (unpaired) electrons. The first-order valence-electron chi connectivity index (χ1n) is 6.26. The molecule has 0 saturated carbocycles. The van der Waals surface area contributed by atoms with Crippen LogP contribution in [0.15, 0.2) is 0 Å². The van der Waals surface area contributed by atoms with Gasteiger partial charge < -0.3 is 15.0 Å². The van der Waals surface area contributed by atoms with Gasteiger partial charge in [-0.15, -0.1) is 0 Å². The number of rotatable bonds is 8. The molecule has 0 aromatic heterocycles. The van der Waals surface area contributed by atoms with Crippen molar-refractivity contribution < 1.29 is 22.7 Å². The quantitative estimate of drug-likeness (QED) is 0.690. The smallest absolute Gasteiger partial charge is 0.390 e. The van der Waals surface area contributed by atoms with Gasteiger partial charge in [-0.2, -0.15) is 13.2 Å². The van der Waals surface area contributed by atoms with Gasteiger partial charge in [-0.3, -0.25) is 4.79 Å². The van der Waals surface area contributed by atoms with E-state index in [4.69, 9.17) is 4.74 Å². The number of carbonyl (C=O) groups excluding carboxylic acids is 1. The standard InChI is InChI=1S/C12H23F3N2O2/c1-5-19-10(18)11(2,16-3)6-8-17(4)9-7-12(13,14)15/h16H,5-9H2,1-4H3. The Labute approximate surface area is 112 Å². The van der Waals surface area contributed by atoms with Gasteiger partial charge in [-0.1, -0.05) is 0 Å². The van der Waals surface area contributed by atoms with Crippen LogP contribution in [-0.2, 0) is 9.53 Å². The maximum absolute atomic E-state index is 12.1. The van der Waals surface area contributed by atoms with Gasteiger partial charge in [-0.25, -0.2) is 0 Å². The van der Waals surface area contributed by atoms with E-state index in [1.807, 2.05) is 0 Å². The van der Waals surface area contributed by atoms with Crippen molar-refractivity contribution in [2.45, 2.75) is 38.4 Å². The molecule has 1 unspecified atom stereocenters. The summed E-state index contributed by atoms with van der Waals surface area (Å²) in [6.07, 6.45) is -4.61. The van der Waals surface area contributed by atoms with E-state index >= 15 is 0 Å². The van der Waals surface area contributed by atoms with Crippen LogP contribution in [0.3, 0.4) is 0 Å². The summed E-state index contributed by atoms with van der Waals surface area (Å²) < 4.78 is 41.2. The molecule has 7 heteroatoms. The van der Waals surface area contributed by atoms with Crippen LogP contribution < -0.4 is 5.32 Å². The summed E-state index contributed by atoms with van der Waals surface area (Å²) in [5.74, 6) is -0.387. The van der Waals surface area contributed by atoms with Crippen LogP contribution in [0.1, 0.15) is 26.7 Å². The Morgan fingerprint density at radius 3 is 2.21 bits per heavy atom. The Balaban J connectivity index is 4.23. The Morgan fingerprint density at radius 2 is 1.79 bits per heavy atom. The van der Waals surface area contributed by atoms with Crippen LogP contribution >= 0.6 is 0 Å². The summed E-state index contributed by atoms with van der Waals surface area (Å²) in [4.78, 5) is 13.3. The number of halogens is 3. The topological polar surface area (TPSA) is 41.6 Å². The molecule has 0 fully saturated rings. The Morgan fingerprint density at radius 1 is 1.26 bits per heavy atom. The van der Waals surface area contributed by atoms with E-state index in [0.717, 1.165) is 0 Å². The predicted octanol–water partition coefficient (Wildman–Crippen LogP) is 1.80. The summed E-state index contributed by atoms with van der Waals surface area (Å²) in [6.45, 7) is 3.98. The number of hydrogen-bond donors (Lipinski definition) is 1. The first-order valence-corrected chi connectivity index (χ1v) is 6.26. The minimum atomic E-state index is -4.15. The monoisotopic (exact) mass is 284 g/mol. The fraction of sp³-hybridized carbons (Fsp3) is 0.917. The molecule has 0 aromatic carbocycles. The Bertz CT molecular complexity index is 285. The third-order valence-electron chi connectivity index (χ3n) is 3.05. The molecule has 1 atom stereocenters. The van der Waals surface area contributed by atoms with E-state index in [1.54, 1.807) is 32.8 Å². The van der Waals surface area contributed by atoms with E-state index in [0.29, 0.717) is 13.0 Å². The van der Waals surface area contributed by atoms with Gasteiger partial charge >= 0.3 is 12.1 Å². The number of esters is 1. The van der Waals surface area contributed by atoms with E-state index < -0.39 is 18.1 Å².